The molecule has 3 heteroatoms. The van der Waals surface area contributed by atoms with Gasteiger partial charge in [0.2, 0.25) is 0 Å². The first-order chi connectivity index (χ1) is 28.0. The monoisotopic (exact) mass is 944 g/mol. The zero-order valence-electron chi connectivity index (χ0n) is 34.4. The molecule has 7 aromatic carbocycles. The van der Waals surface area contributed by atoms with E-state index in [0.717, 1.165) is 61.7 Å². The molecule has 292 valence electrons. The first kappa shape index (κ1) is 40.0. The van der Waals surface area contributed by atoms with Crippen molar-refractivity contribution in [2.75, 3.05) is 0 Å². The fraction of sp³-hybridized carbons (Fsp3) is 0.161. The van der Waals surface area contributed by atoms with Crippen LogP contribution in [0.1, 0.15) is 74.9 Å². The molecule has 0 saturated carbocycles. The van der Waals surface area contributed by atoms with Gasteiger partial charge in [0, 0.05) is 5.69 Å². The Morgan fingerprint density at radius 1 is 0.492 bits per heavy atom. The van der Waals surface area contributed by atoms with Crippen LogP contribution in [0, 0.1) is 12.1 Å². The van der Waals surface area contributed by atoms with Gasteiger partial charge in [-0.3, -0.25) is 4.98 Å². The SMILES string of the molecule is CC(C)(C)c1c[c-]c(-c2[c-]c(-c3cccc(-c4cccc5c4[N-]c4ccccc4C5(c4ccccc4)c4ccccc4)n3)cc(-c3ccc(C(C)(C)C)cc3)c2)cc1.[Au+3]. The molecule has 0 atom stereocenters. The Bertz CT molecular complexity index is 2620. The first-order valence-corrected chi connectivity index (χ1v) is 20.2. The molecular weight excluding hydrogens is 898 g/mol. The fourth-order valence-corrected chi connectivity index (χ4v) is 8.47. The summed E-state index contributed by atoms with van der Waals surface area (Å²) in [5, 5.41) is 5.44. The molecule has 0 saturated heterocycles. The van der Waals surface area contributed by atoms with Crippen LogP contribution in [0.3, 0.4) is 0 Å². The Labute approximate surface area is 366 Å². The van der Waals surface area contributed by atoms with E-state index in [2.05, 4.69) is 230 Å². The second-order valence-corrected chi connectivity index (χ2v) is 17.5. The molecule has 2 heterocycles. The standard InChI is InChI=1S/C56H47N2.Au/c1-54(2,3)43-31-27-38(28-32-43)40-35-41(39-29-33-44(34-30-39)55(4,5)6)37-42(36-40)50-25-16-26-51(57-50)47-21-15-23-49-53(47)58-52-24-14-13-22-48(52)56(49,45-17-9-7-10-18-45)46-19-11-8-12-20-46;/h7-29,31-36H,1-6H3;/q-3;+3. The maximum atomic E-state index is 5.44. The Morgan fingerprint density at radius 3 is 1.71 bits per heavy atom. The average molecular weight is 945 g/mol. The number of rotatable bonds is 6. The summed E-state index contributed by atoms with van der Waals surface area (Å²) in [4.78, 5) is 5.43. The molecule has 2 nitrogen and oxygen atoms in total. The van der Waals surface area contributed by atoms with E-state index in [0.29, 0.717) is 0 Å². The van der Waals surface area contributed by atoms with Crippen molar-refractivity contribution in [2.45, 2.75) is 57.8 Å². The van der Waals surface area contributed by atoms with Crippen molar-refractivity contribution in [3.05, 3.63) is 227 Å². The number of hydrogen-bond donors (Lipinski definition) is 0. The van der Waals surface area contributed by atoms with Crippen LogP contribution in [-0.4, -0.2) is 4.98 Å². The van der Waals surface area contributed by atoms with Crippen molar-refractivity contribution in [3.8, 4) is 44.8 Å². The van der Waals surface area contributed by atoms with Gasteiger partial charge >= 0.3 is 22.4 Å². The van der Waals surface area contributed by atoms with Crippen molar-refractivity contribution in [2.24, 2.45) is 0 Å². The van der Waals surface area contributed by atoms with Crippen molar-refractivity contribution >= 4 is 11.4 Å². The van der Waals surface area contributed by atoms with Gasteiger partial charge in [-0.05, 0) is 55.8 Å². The largest absolute Gasteiger partial charge is 3.00 e. The molecule has 9 rings (SSSR count). The smallest absolute Gasteiger partial charge is 0.657 e. The van der Waals surface area contributed by atoms with Crippen LogP contribution < -0.4 is 0 Å². The van der Waals surface area contributed by atoms with Crippen molar-refractivity contribution < 1.29 is 22.4 Å². The van der Waals surface area contributed by atoms with Crippen LogP contribution in [-0.2, 0) is 38.6 Å². The zero-order valence-corrected chi connectivity index (χ0v) is 36.6. The van der Waals surface area contributed by atoms with Crippen LogP contribution in [0.5, 0.6) is 0 Å². The summed E-state index contributed by atoms with van der Waals surface area (Å²) in [5.74, 6) is 0. The third kappa shape index (κ3) is 7.42. The predicted octanol–water partition coefficient (Wildman–Crippen LogP) is 15.0. The van der Waals surface area contributed by atoms with Crippen LogP contribution in [0.25, 0.3) is 50.1 Å². The van der Waals surface area contributed by atoms with E-state index in [1.54, 1.807) is 0 Å². The van der Waals surface area contributed by atoms with Crippen LogP contribution in [0.2, 0.25) is 0 Å². The van der Waals surface area contributed by atoms with Gasteiger partial charge in [-0.15, -0.1) is 34.6 Å². The summed E-state index contributed by atoms with van der Waals surface area (Å²) in [6.45, 7) is 13.5. The van der Waals surface area contributed by atoms with E-state index < -0.39 is 5.41 Å². The molecule has 0 spiro atoms. The molecule has 59 heavy (non-hydrogen) atoms. The topological polar surface area (TPSA) is 27.0 Å². The number of aromatic nitrogens is 1. The summed E-state index contributed by atoms with van der Waals surface area (Å²) >= 11 is 0. The second kappa shape index (κ2) is 15.8. The zero-order chi connectivity index (χ0) is 40.1. The molecule has 0 fully saturated rings. The number of benzene rings is 7. The summed E-state index contributed by atoms with van der Waals surface area (Å²) in [5.41, 5.74) is 16.6. The number of nitrogens with zero attached hydrogens (tertiary/aromatic N) is 2. The summed E-state index contributed by atoms with van der Waals surface area (Å²) in [6, 6.07) is 70.5. The van der Waals surface area contributed by atoms with Gasteiger partial charge in [-0.2, -0.15) is 35.9 Å². The molecule has 1 aliphatic heterocycles. The molecule has 1 aromatic heterocycles. The normalized spacial score (nSPS) is 13.1. The third-order valence-corrected chi connectivity index (χ3v) is 11.6. The molecule has 0 radical (unpaired) electrons. The summed E-state index contributed by atoms with van der Waals surface area (Å²) < 4.78 is 0. The van der Waals surface area contributed by atoms with Crippen molar-refractivity contribution in [1.29, 1.82) is 0 Å². The maximum Gasteiger partial charge on any atom is 3.00 e. The Kier molecular flexibility index (Phi) is 10.7. The predicted molar refractivity (Wildman–Crippen MR) is 242 cm³/mol. The minimum absolute atomic E-state index is 0. The molecule has 0 unspecified atom stereocenters. The molecule has 0 amide bonds. The average Bonchev–Trinajstić information content (AvgIpc) is 3.25. The van der Waals surface area contributed by atoms with Gasteiger partial charge in [0.1, 0.15) is 0 Å². The molecule has 0 aliphatic carbocycles. The summed E-state index contributed by atoms with van der Waals surface area (Å²) in [7, 11) is 0. The molecule has 1 aliphatic rings. The minimum atomic E-state index is -0.581. The van der Waals surface area contributed by atoms with Gasteiger partial charge < -0.3 is 5.32 Å². The van der Waals surface area contributed by atoms with Crippen LogP contribution >= 0.6 is 0 Å². The quantitative estimate of drug-likeness (QED) is 0.121. The van der Waals surface area contributed by atoms with E-state index >= 15 is 0 Å². The van der Waals surface area contributed by atoms with Crippen LogP contribution in [0.15, 0.2) is 176 Å². The van der Waals surface area contributed by atoms with Crippen LogP contribution in [0.4, 0.5) is 11.4 Å². The first-order valence-electron chi connectivity index (χ1n) is 20.2. The Hall–Kier alpha value is -5.77. The number of hydrogen-bond acceptors (Lipinski definition) is 1. The second-order valence-electron chi connectivity index (χ2n) is 17.5. The molecular formula is C56H47AuN2. The Morgan fingerprint density at radius 2 is 1.07 bits per heavy atom. The molecule has 0 bridgehead atoms. The van der Waals surface area contributed by atoms with E-state index in [-0.39, 0.29) is 33.2 Å². The number of fused-ring (bicyclic) bond motifs is 2. The third-order valence-electron chi connectivity index (χ3n) is 11.6. The van der Waals surface area contributed by atoms with Gasteiger partial charge in [0.25, 0.3) is 0 Å². The van der Waals surface area contributed by atoms with Gasteiger partial charge in [-0.25, -0.2) is 5.56 Å². The minimum Gasteiger partial charge on any atom is -0.657 e. The summed E-state index contributed by atoms with van der Waals surface area (Å²) in [6.07, 6.45) is 0. The van der Waals surface area contributed by atoms with Gasteiger partial charge in [0.15, 0.2) is 0 Å². The van der Waals surface area contributed by atoms with E-state index in [1.807, 2.05) is 0 Å². The van der Waals surface area contributed by atoms with Gasteiger partial charge in [-0.1, -0.05) is 187 Å². The van der Waals surface area contributed by atoms with E-state index in [1.165, 1.54) is 27.8 Å². The van der Waals surface area contributed by atoms with E-state index in [4.69, 9.17) is 10.3 Å². The maximum absolute atomic E-state index is 5.44. The molecule has 8 aromatic rings. The molecule has 0 N–H and O–H groups in total. The van der Waals surface area contributed by atoms with Crippen molar-refractivity contribution in [3.63, 3.8) is 0 Å². The fourth-order valence-electron chi connectivity index (χ4n) is 8.47. The van der Waals surface area contributed by atoms with E-state index in [9.17, 15) is 0 Å². The number of para-hydroxylation sites is 2. The Balaban J connectivity index is 0.00000484. The number of pyridine rings is 1. The van der Waals surface area contributed by atoms with Crippen molar-refractivity contribution in [1.82, 2.24) is 4.98 Å². The van der Waals surface area contributed by atoms with Gasteiger partial charge in [0.05, 0.1) is 11.1 Å².